The lowest BCUT2D eigenvalue weighted by Gasteiger charge is -2.57. The van der Waals surface area contributed by atoms with Crippen LogP contribution < -0.4 is 4.74 Å². The Hall–Kier alpha value is -3.01. The zero-order valence-corrected chi connectivity index (χ0v) is 21.8. The number of aromatic carboxylic acids is 1. The maximum atomic E-state index is 11.4. The fraction of sp³-hybridized carbons (Fsp3) is 0.485. The van der Waals surface area contributed by atoms with Crippen LogP contribution in [-0.2, 0) is 5.41 Å². The van der Waals surface area contributed by atoms with Crippen LogP contribution in [0.25, 0.3) is 21.9 Å². The summed E-state index contributed by atoms with van der Waals surface area (Å²) in [6, 6.07) is 15.1. The SMILES string of the molecule is CCCCCCOc1cc2ccc(O)c(-c3ccc(C(=O)O)cc3)c2cc1C12CC3CC(CC(C3)C1)C2. The van der Waals surface area contributed by atoms with Crippen molar-refractivity contribution in [1.82, 2.24) is 0 Å². The van der Waals surface area contributed by atoms with E-state index in [4.69, 9.17) is 4.74 Å². The first kappa shape index (κ1) is 24.3. The molecule has 4 saturated carbocycles. The smallest absolute Gasteiger partial charge is 0.335 e. The van der Waals surface area contributed by atoms with Crippen LogP contribution >= 0.6 is 0 Å². The van der Waals surface area contributed by atoms with Crippen LogP contribution in [0.4, 0.5) is 0 Å². The number of phenolic OH excluding ortho intramolecular Hbond substituents is 1. The number of unbranched alkanes of at least 4 members (excludes halogenated alkanes) is 3. The van der Waals surface area contributed by atoms with Crippen molar-refractivity contribution in [2.24, 2.45) is 17.8 Å². The fourth-order valence-corrected chi connectivity index (χ4v) is 8.11. The Morgan fingerprint density at radius 2 is 1.59 bits per heavy atom. The highest BCUT2D eigenvalue weighted by molar-refractivity contribution is 6.01. The monoisotopic (exact) mass is 498 g/mol. The van der Waals surface area contributed by atoms with Gasteiger partial charge in [-0.3, -0.25) is 0 Å². The molecule has 0 unspecified atom stereocenters. The van der Waals surface area contributed by atoms with E-state index >= 15 is 0 Å². The van der Waals surface area contributed by atoms with E-state index in [9.17, 15) is 15.0 Å². The Balaban J connectivity index is 1.46. The van der Waals surface area contributed by atoms with Crippen LogP contribution in [0.3, 0.4) is 0 Å². The Bertz CT molecular complexity index is 1270. The van der Waals surface area contributed by atoms with Gasteiger partial charge in [0.25, 0.3) is 0 Å². The zero-order valence-electron chi connectivity index (χ0n) is 21.8. The first-order valence-electron chi connectivity index (χ1n) is 14.2. The predicted octanol–water partition coefficient (Wildman–Crippen LogP) is 8.34. The summed E-state index contributed by atoms with van der Waals surface area (Å²) >= 11 is 0. The number of fused-ring (bicyclic) bond motifs is 1. The molecule has 0 aromatic heterocycles. The standard InChI is InChI=1S/C33H38O4/c1-2-3-4-5-12-37-30-16-26-10-11-29(34)31(24-6-8-25(9-7-24)32(35)36)27(26)17-28(30)33-18-21-13-22(19-33)15-23(14-21)20-33/h6-11,16-17,21-23,34H,2-5,12-15,18-20H2,1H3,(H,35,36). The summed E-state index contributed by atoms with van der Waals surface area (Å²) in [6.07, 6.45) is 12.6. The first-order valence-corrected chi connectivity index (χ1v) is 14.2. The van der Waals surface area contributed by atoms with Crippen LogP contribution in [0.5, 0.6) is 11.5 Å². The number of phenols is 1. The van der Waals surface area contributed by atoms with E-state index < -0.39 is 5.97 Å². The van der Waals surface area contributed by atoms with Crippen molar-refractivity contribution in [2.75, 3.05) is 6.61 Å². The van der Waals surface area contributed by atoms with E-state index in [1.165, 1.54) is 63.4 Å². The second-order valence-corrected chi connectivity index (χ2v) is 12.0. The van der Waals surface area contributed by atoms with Crippen LogP contribution in [0, 0.1) is 17.8 Å². The average Bonchev–Trinajstić information content (AvgIpc) is 2.87. The molecule has 3 aromatic carbocycles. The summed E-state index contributed by atoms with van der Waals surface area (Å²) in [5.41, 5.74) is 3.35. The average molecular weight is 499 g/mol. The van der Waals surface area contributed by atoms with Crippen LogP contribution in [0.15, 0.2) is 48.5 Å². The van der Waals surface area contributed by atoms with Crippen molar-refractivity contribution in [2.45, 2.75) is 76.5 Å². The molecule has 4 heteroatoms. The largest absolute Gasteiger partial charge is 0.507 e. The number of carbonyl (C=O) groups is 1. The molecular formula is C33H38O4. The van der Waals surface area contributed by atoms with Crippen molar-refractivity contribution in [3.8, 4) is 22.6 Å². The molecule has 3 aromatic rings. The van der Waals surface area contributed by atoms with E-state index in [1.807, 2.05) is 6.07 Å². The van der Waals surface area contributed by atoms with Gasteiger partial charge in [-0.05, 0) is 115 Å². The summed E-state index contributed by atoms with van der Waals surface area (Å²) in [5.74, 6) is 2.78. The molecule has 4 aliphatic rings. The van der Waals surface area contributed by atoms with Gasteiger partial charge in [-0.15, -0.1) is 0 Å². The normalized spacial score (nSPS) is 26.0. The Labute approximate surface area is 219 Å². The van der Waals surface area contributed by atoms with Gasteiger partial charge in [-0.25, -0.2) is 4.79 Å². The van der Waals surface area contributed by atoms with Gasteiger partial charge in [0.1, 0.15) is 11.5 Å². The molecule has 0 aliphatic heterocycles. The Morgan fingerprint density at radius 3 is 2.22 bits per heavy atom. The van der Waals surface area contributed by atoms with E-state index in [-0.39, 0.29) is 16.7 Å². The van der Waals surface area contributed by atoms with E-state index in [0.29, 0.717) is 0 Å². The van der Waals surface area contributed by atoms with Gasteiger partial charge in [-0.2, -0.15) is 0 Å². The lowest BCUT2D eigenvalue weighted by Crippen LogP contribution is -2.48. The topological polar surface area (TPSA) is 66.8 Å². The minimum Gasteiger partial charge on any atom is -0.507 e. The number of hydrogen-bond donors (Lipinski definition) is 2. The number of hydrogen-bond acceptors (Lipinski definition) is 3. The summed E-state index contributed by atoms with van der Waals surface area (Å²) in [6.45, 7) is 2.98. The molecule has 0 spiro atoms. The van der Waals surface area contributed by atoms with E-state index in [1.54, 1.807) is 30.3 Å². The molecule has 4 bridgehead atoms. The molecule has 0 atom stereocenters. The number of carboxylic acids is 1. The van der Waals surface area contributed by atoms with Crippen LogP contribution in [-0.4, -0.2) is 22.8 Å². The van der Waals surface area contributed by atoms with Crippen molar-refractivity contribution in [3.63, 3.8) is 0 Å². The highest BCUT2D eigenvalue weighted by Gasteiger charge is 2.52. The molecule has 4 fully saturated rings. The molecular weight excluding hydrogens is 460 g/mol. The molecule has 4 nitrogen and oxygen atoms in total. The molecule has 2 N–H and O–H groups in total. The molecule has 0 radical (unpaired) electrons. The summed E-state index contributed by atoms with van der Waals surface area (Å²) < 4.78 is 6.57. The highest BCUT2D eigenvalue weighted by atomic mass is 16.5. The molecule has 0 saturated heterocycles. The van der Waals surface area contributed by atoms with Gasteiger partial charge in [0.2, 0.25) is 0 Å². The first-order chi connectivity index (χ1) is 18.0. The predicted molar refractivity (Wildman–Crippen MR) is 147 cm³/mol. The summed E-state index contributed by atoms with van der Waals surface area (Å²) in [4.78, 5) is 11.4. The number of rotatable bonds is 9. The third kappa shape index (κ3) is 4.49. The zero-order chi connectivity index (χ0) is 25.6. The number of ether oxygens (including phenoxy) is 1. The molecule has 0 amide bonds. The number of carboxylic acid groups (broad SMARTS) is 1. The van der Waals surface area contributed by atoms with Gasteiger partial charge in [0.05, 0.1) is 12.2 Å². The Morgan fingerprint density at radius 1 is 0.919 bits per heavy atom. The molecule has 37 heavy (non-hydrogen) atoms. The van der Waals surface area contributed by atoms with Gasteiger partial charge >= 0.3 is 5.97 Å². The van der Waals surface area contributed by atoms with Crippen LogP contribution in [0.2, 0.25) is 0 Å². The molecule has 0 heterocycles. The third-order valence-corrected chi connectivity index (χ3v) is 9.38. The van der Waals surface area contributed by atoms with Gasteiger partial charge in [0.15, 0.2) is 0 Å². The molecule has 7 rings (SSSR count). The van der Waals surface area contributed by atoms with Gasteiger partial charge in [-0.1, -0.05) is 44.4 Å². The minimum atomic E-state index is -0.946. The maximum absolute atomic E-state index is 11.4. The minimum absolute atomic E-state index is 0.164. The fourth-order valence-electron chi connectivity index (χ4n) is 8.11. The number of aromatic hydroxyl groups is 1. The second-order valence-electron chi connectivity index (χ2n) is 12.0. The second kappa shape index (κ2) is 9.70. The number of benzene rings is 3. The quantitative estimate of drug-likeness (QED) is 0.291. The van der Waals surface area contributed by atoms with Crippen molar-refractivity contribution in [3.05, 3.63) is 59.7 Å². The molecule has 4 aliphatic carbocycles. The van der Waals surface area contributed by atoms with Gasteiger partial charge in [0, 0.05) is 11.1 Å². The maximum Gasteiger partial charge on any atom is 0.335 e. The van der Waals surface area contributed by atoms with Crippen molar-refractivity contribution < 1.29 is 19.7 Å². The Kier molecular flexibility index (Phi) is 6.38. The van der Waals surface area contributed by atoms with Crippen molar-refractivity contribution >= 4 is 16.7 Å². The van der Waals surface area contributed by atoms with E-state index in [0.717, 1.165) is 58.4 Å². The summed E-state index contributed by atoms with van der Waals surface area (Å²) in [5, 5.41) is 22.4. The lowest BCUT2D eigenvalue weighted by molar-refractivity contribution is -0.00633. The van der Waals surface area contributed by atoms with E-state index in [2.05, 4.69) is 19.1 Å². The lowest BCUT2D eigenvalue weighted by atomic mass is 9.48. The van der Waals surface area contributed by atoms with Crippen molar-refractivity contribution in [1.29, 1.82) is 0 Å². The summed E-state index contributed by atoms with van der Waals surface area (Å²) in [7, 11) is 0. The highest BCUT2D eigenvalue weighted by Crippen LogP contribution is 2.62. The third-order valence-electron chi connectivity index (χ3n) is 9.38. The van der Waals surface area contributed by atoms with Crippen LogP contribution in [0.1, 0.15) is 87.1 Å². The van der Waals surface area contributed by atoms with Gasteiger partial charge < -0.3 is 14.9 Å². The molecule has 194 valence electrons.